The summed E-state index contributed by atoms with van der Waals surface area (Å²) in [4.78, 5) is 38.4. The molecule has 1 N–H and O–H groups in total. The molecule has 2 amide bonds. The normalized spacial score (nSPS) is 17.1. The molecule has 3 aromatic rings. The van der Waals surface area contributed by atoms with Crippen LogP contribution in [0.2, 0.25) is 0 Å². The molecule has 3 aliphatic rings. The first-order valence-corrected chi connectivity index (χ1v) is 14.9. The zero-order valence-corrected chi connectivity index (χ0v) is 23.1. The quantitative estimate of drug-likeness (QED) is 0.444. The van der Waals surface area contributed by atoms with Crippen molar-refractivity contribution in [3.63, 3.8) is 0 Å². The van der Waals surface area contributed by atoms with Crippen LogP contribution in [0.1, 0.15) is 41.3 Å². The van der Waals surface area contributed by atoms with E-state index in [0.717, 1.165) is 22.7 Å². The highest BCUT2D eigenvalue weighted by molar-refractivity contribution is 7.92. The van der Waals surface area contributed by atoms with Crippen molar-refractivity contribution in [2.24, 2.45) is 0 Å². The molecule has 0 bridgehead atoms. The van der Waals surface area contributed by atoms with E-state index in [9.17, 15) is 18.0 Å². The highest BCUT2D eigenvalue weighted by Crippen LogP contribution is 2.40. The molecular formula is C28H30N6O5S. The molecule has 6 rings (SSSR count). The number of rotatable bonds is 8. The Labute approximate surface area is 232 Å². The van der Waals surface area contributed by atoms with Gasteiger partial charge < -0.3 is 19.9 Å². The zero-order valence-electron chi connectivity index (χ0n) is 22.3. The zero-order chi connectivity index (χ0) is 28.0. The van der Waals surface area contributed by atoms with Gasteiger partial charge in [-0.15, -0.1) is 0 Å². The first-order chi connectivity index (χ1) is 19.3. The monoisotopic (exact) mass is 562 g/mol. The molecule has 0 saturated heterocycles. The van der Waals surface area contributed by atoms with Crippen molar-refractivity contribution in [1.82, 2.24) is 15.3 Å². The number of hydrogen-bond donors (Lipinski definition) is 1. The first kappa shape index (κ1) is 26.1. The number of carbonyl (C=O) groups excluding carboxylic acids is 2. The largest absolute Gasteiger partial charge is 0.493 e. The minimum Gasteiger partial charge on any atom is -0.493 e. The van der Waals surface area contributed by atoms with Crippen LogP contribution in [0.4, 0.5) is 23.0 Å². The fourth-order valence-electron chi connectivity index (χ4n) is 5.13. The molecule has 11 nitrogen and oxygen atoms in total. The lowest BCUT2D eigenvalue weighted by molar-refractivity contribution is -0.119. The molecular weight excluding hydrogens is 532 g/mol. The van der Waals surface area contributed by atoms with Gasteiger partial charge in [-0.3, -0.25) is 13.9 Å². The molecule has 4 heterocycles. The van der Waals surface area contributed by atoms with Crippen molar-refractivity contribution in [1.29, 1.82) is 0 Å². The number of hydrogen-bond acceptors (Lipinski definition) is 8. The maximum absolute atomic E-state index is 13.4. The molecule has 1 aliphatic carbocycles. The van der Waals surface area contributed by atoms with E-state index in [-0.39, 0.29) is 36.8 Å². The van der Waals surface area contributed by atoms with Crippen LogP contribution in [0.5, 0.6) is 5.75 Å². The number of fused-ring (bicyclic) bond motifs is 3. The van der Waals surface area contributed by atoms with Gasteiger partial charge in [0, 0.05) is 44.0 Å². The molecule has 0 atom stereocenters. The van der Waals surface area contributed by atoms with Gasteiger partial charge in [-0.2, -0.15) is 0 Å². The van der Waals surface area contributed by atoms with E-state index in [1.165, 1.54) is 0 Å². The van der Waals surface area contributed by atoms with E-state index in [0.29, 0.717) is 52.9 Å². The van der Waals surface area contributed by atoms with Gasteiger partial charge in [0.15, 0.2) is 5.82 Å². The summed E-state index contributed by atoms with van der Waals surface area (Å²) in [6.07, 6.45) is 5.74. The Morgan fingerprint density at radius 1 is 1.12 bits per heavy atom. The van der Waals surface area contributed by atoms with E-state index in [1.807, 2.05) is 24.0 Å². The van der Waals surface area contributed by atoms with Gasteiger partial charge in [0.2, 0.25) is 15.9 Å². The Balaban J connectivity index is 1.19. The van der Waals surface area contributed by atoms with Crippen molar-refractivity contribution < 1.29 is 22.7 Å². The number of sulfonamides is 1. The third kappa shape index (κ3) is 4.72. The molecule has 0 unspecified atom stereocenters. The molecule has 1 fully saturated rings. The number of amides is 2. The van der Waals surface area contributed by atoms with E-state index in [4.69, 9.17) is 4.74 Å². The molecule has 1 saturated carbocycles. The number of ether oxygens (including phenoxy) is 1. The Hall–Kier alpha value is -4.19. The number of anilines is 4. The van der Waals surface area contributed by atoms with Gasteiger partial charge in [0.05, 0.1) is 23.5 Å². The minimum absolute atomic E-state index is 0.155. The summed E-state index contributed by atoms with van der Waals surface area (Å²) in [6.45, 7) is 2.59. The van der Waals surface area contributed by atoms with Crippen molar-refractivity contribution in [2.75, 3.05) is 40.8 Å². The first-order valence-electron chi connectivity index (χ1n) is 13.3. The van der Waals surface area contributed by atoms with Crippen LogP contribution in [0.25, 0.3) is 0 Å². The van der Waals surface area contributed by atoms with Gasteiger partial charge >= 0.3 is 0 Å². The molecule has 2 aliphatic heterocycles. The second-order valence-electron chi connectivity index (χ2n) is 10.1. The third-order valence-corrected chi connectivity index (χ3v) is 8.98. The Kier molecular flexibility index (Phi) is 6.57. The van der Waals surface area contributed by atoms with E-state index >= 15 is 0 Å². The van der Waals surface area contributed by atoms with E-state index < -0.39 is 10.0 Å². The fourth-order valence-corrected chi connectivity index (χ4v) is 6.73. The van der Waals surface area contributed by atoms with Crippen molar-refractivity contribution >= 4 is 44.8 Å². The van der Waals surface area contributed by atoms with Gasteiger partial charge in [0.1, 0.15) is 23.9 Å². The van der Waals surface area contributed by atoms with Crippen LogP contribution in [0.3, 0.4) is 0 Å². The lowest BCUT2D eigenvalue weighted by atomic mass is 10.1. The highest BCUT2D eigenvalue weighted by atomic mass is 32.2. The SMILES string of the molecule is CCN1c2ncc(CCOc3cccc4c3CS(=O)(=O)N4CC(=O)NC3CC3)cc2C(=O)N(C)c2cccnc21. The van der Waals surface area contributed by atoms with E-state index in [1.54, 1.807) is 48.6 Å². The second kappa shape index (κ2) is 10.1. The van der Waals surface area contributed by atoms with Crippen LogP contribution < -0.4 is 24.2 Å². The maximum Gasteiger partial charge on any atom is 0.261 e. The summed E-state index contributed by atoms with van der Waals surface area (Å²) in [5.74, 6) is 0.990. The Bertz CT molecular complexity index is 1610. The smallest absolute Gasteiger partial charge is 0.261 e. The molecule has 0 spiro atoms. The van der Waals surface area contributed by atoms with Gasteiger partial charge in [-0.1, -0.05) is 6.07 Å². The molecule has 2 aromatic heterocycles. The summed E-state index contributed by atoms with van der Waals surface area (Å²) < 4.78 is 33.0. The molecule has 208 valence electrons. The third-order valence-electron chi connectivity index (χ3n) is 7.33. The summed E-state index contributed by atoms with van der Waals surface area (Å²) in [5, 5.41) is 2.84. The minimum atomic E-state index is -3.68. The standard InChI is InChI=1S/C28H30N6O5S/c1-3-33-26-20(28(36)32(2)23-7-5-12-29-27(23)33)14-18(15-30-26)11-13-39-24-8-4-6-22-21(24)17-40(37,38)34(22)16-25(35)31-19-9-10-19/h4-8,12,14-15,19H,3,9-11,13,16-17H2,1-2H3,(H,31,35). The van der Waals surface area contributed by atoms with Crippen molar-refractivity contribution in [3.05, 3.63) is 65.5 Å². The maximum atomic E-state index is 13.4. The Morgan fingerprint density at radius 2 is 1.93 bits per heavy atom. The number of carbonyl (C=O) groups is 2. The lowest BCUT2D eigenvalue weighted by Gasteiger charge is -2.22. The number of aromatic nitrogens is 2. The van der Waals surface area contributed by atoms with Crippen LogP contribution in [0.15, 0.2) is 48.8 Å². The fraction of sp³-hybridized carbons (Fsp3) is 0.357. The molecule has 40 heavy (non-hydrogen) atoms. The van der Waals surface area contributed by atoms with Gasteiger partial charge in [0.25, 0.3) is 5.91 Å². The summed E-state index contributed by atoms with van der Waals surface area (Å²) in [6, 6.07) is 10.8. The summed E-state index contributed by atoms with van der Waals surface area (Å²) in [5.41, 5.74) is 3.02. The van der Waals surface area contributed by atoms with Crippen molar-refractivity contribution in [2.45, 2.75) is 38.0 Å². The lowest BCUT2D eigenvalue weighted by Crippen LogP contribution is -2.39. The number of nitrogens with one attached hydrogen (secondary N) is 1. The van der Waals surface area contributed by atoms with Gasteiger partial charge in [-0.05, 0) is 55.7 Å². The molecule has 12 heteroatoms. The Morgan fingerprint density at radius 3 is 2.70 bits per heavy atom. The average molecular weight is 563 g/mol. The number of nitrogens with zero attached hydrogens (tertiary/aromatic N) is 5. The van der Waals surface area contributed by atoms with Crippen LogP contribution >= 0.6 is 0 Å². The average Bonchev–Trinajstić information content (AvgIpc) is 3.73. The summed E-state index contributed by atoms with van der Waals surface area (Å²) >= 11 is 0. The van der Waals surface area contributed by atoms with Gasteiger partial charge in [-0.25, -0.2) is 18.4 Å². The molecule has 0 radical (unpaired) electrons. The molecule has 1 aromatic carbocycles. The summed E-state index contributed by atoms with van der Waals surface area (Å²) in [7, 11) is -1.95. The highest BCUT2D eigenvalue weighted by Gasteiger charge is 2.37. The van der Waals surface area contributed by atoms with Crippen LogP contribution in [0, 0.1) is 0 Å². The van der Waals surface area contributed by atoms with Crippen molar-refractivity contribution in [3.8, 4) is 5.75 Å². The predicted molar refractivity (Wildman–Crippen MR) is 151 cm³/mol. The van der Waals surface area contributed by atoms with Crippen LogP contribution in [-0.2, 0) is 27.0 Å². The second-order valence-corrected chi connectivity index (χ2v) is 12.0. The van der Waals surface area contributed by atoms with E-state index in [2.05, 4.69) is 15.3 Å². The predicted octanol–water partition coefficient (Wildman–Crippen LogP) is 2.77. The topological polar surface area (TPSA) is 125 Å². The number of pyridine rings is 2. The van der Waals surface area contributed by atoms with Crippen LogP contribution in [-0.4, -0.2) is 63.0 Å². The number of benzene rings is 1.